The lowest BCUT2D eigenvalue weighted by Crippen LogP contribution is -2.41. The number of imide groups is 1. The van der Waals surface area contributed by atoms with E-state index in [-0.39, 0.29) is 30.0 Å². The fourth-order valence-corrected chi connectivity index (χ4v) is 2.73. The molecule has 0 unspecified atom stereocenters. The molecule has 0 spiro atoms. The fraction of sp³-hybridized carbons (Fsp3) is 0.429. The van der Waals surface area contributed by atoms with E-state index in [4.69, 9.17) is 4.74 Å². The van der Waals surface area contributed by atoms with Crippen LogP contribution in [0.2, 0.25) is 0 Å². The van der Waals surface area contributed by atoms with Crippen LogP contribution in [-0.2, 0) is 21.4 Å². The van der Waals surface area contributed by atoms with E-state index in [1.807, 2.05) is 0 Å². The molecule has 0 radical (unpaired) electrons. The molecule has 1 fully saturated rings. The third-order valence-corrected chi connectivity index (χ3v) is 4.14. The fourth-order valence-electron chi connectivity index (χ4n) is 1.98. The largest absolute Gasteiger partial charge is 0.448 e. The van der Waals surface area contributed by atoms with Crippen LogP contribution in [0.1, 0.15) is 17.4 Å². The number of carbonyl (C=O) groups is 4. The van der Waals surface area contributed by atoms with E-state index in [0.29, 0.717) is 5.69 Å². The zero-order valence-electron chi connectivity index (χ0n) is 12.8. The Labute approximate surface area is 137 Å². The van der Waals surface area contributed by atoms with Crippen molar-refractivity contribution in [2.24, 2.45) is 7.05 Å². The van der Waals surface area contributed by atoms with Gasteiger partial charge in [0.2, 0.25) is 5.91 Å². The summed E-state index contributed by atoms with van der Waals surface area (Å²) in [7, 11) is 1.70. The van der Waals surface area contributed by atoms with E-state index < -0.39 is 18.0 Å². The number of rotatable bonds is 6. The summed E-state index contributed by atoms with van der Waals surface area (Å²) in [6.45, 7) is 1.68. The van der Waals surface area contributed by atoms with Crippen LogP contribution in [0.4, 0.5) is 4.79 Å². The third-order valence-electron chi connectivity index (χ3n) is 3.28. The second kappa shape index (κ2) is 7.32. The van der Waals surface area contributed by atoms with Gasteiger partial charge in [-0.1, -0.05) is 11.8 Å². The standard InChI is InChI=1S/C14H17N3O5S/c1-9(22-13(20)10-4-3-6-16(10)2)12(19)15-5-7-17-11(18)8-23-14(17)21/h3-4,6,9H,5,7-8H2,1-2H3,(H,15,19)/t9-/m1/s1. The predicted octanol–water partition coefficient (Wildman–Crippen LogP) is 0.382. The van der Waals surface area contributed by atoms with Crippen molar-refractivity contribution in [2.75, 3.05) is 18.8 Å². The first-order valence-electron chi connectivity index (χ1n) is 6.97. The Kier molecular flexibility index (Phi) is 5.43. The Morgan fingerprint density at radius 3 is 2.74 bits per heavy atom. The first-order chi connectivity index (χ1) is 10.9. The SMILES string of the molecule is C[C@@H](OC(=O)c1cccn1C)C(=O)NCCN1C(=O)CSC1=O. The van der Waals surface area contributed by atoms with Crippen molar-refractivity contribution < 1.29 is 23.9 Å². The highest BCUT2D eigenvalue weighted by atomic mass is 32.2. The summed E-state index contributed by atoms with van der Waals surface area (Å²) < 4.78 is 6.67. The zero-order chi connectivity index (χ0) is 17.0. The van der Waals surface area contributed by atoms with Gasteiger partial charge in [0.1, 0.15) is 5.69 Å². The van der Waals surface area contributed by atoms with Gasteiger partial charge in [0, 0.05) is 26.3 Å². The lowest BCUT2D eigenvalue weighted by atomic mass is 10.3. The van der Waals surface area contributed by atoms with Crippen molar-refractivity contribution in [3.8, 4) is 0 Å². The lowest BCUT2D eigenvalue weighted by Gasteiger charge is -2.16. The quantitative estimate of drug-likeness (QED) is 0.753. The molecule has 1 aromatic heterocycles. The normalized spacial score (nSPS) is 15.7. The molecule has 9 heteroatoms. The van der Waals surface area contributed by atoms with Crippen LogP contribution in [0, 0.1) is 0 Å². The van der Waals surface area contributed by atoms with Crippen LogP contribution in [0.15, 0.2) is 18.3 Å². The van der Waals surface area contributed by atoms with Gasteiger partial charge in [-0.3, -0.25) is 19.3 Å². The molecule has 8 nitrogen and oxygen atoms in total. The molecular formula is C14H17N3O5S. The van der Waals surface area contributed by atoms with Crippen LogP contribution >= 0.6 is 11.8 Å². The molecule has 0 saturated carbocycles. The highest BCUT2D eigenvalue weighted by Crippen LogP contribution is 2.17. The molecule has 2 rings (SSSR count). The molecule has 1 aliphatic rings. The van der Waals surface area contributed by atoms with Crippen LogP contribution in [-0.4, -0.2) is 57.4 Å². The van der Waals surface area contributed by atoms with Crippen molar-refractivity contribution in [1.29, 1.82) is 0 Å². The Morgan fingerprint density at radius 1 is 1.43 bits per heavy atom. The molecular weight excluding hydrogens is 322 g/mol. The number of aryl methyl sites for hydroxylation is 1. The molecule has 23 heavy (non-hydrogen) atoms. The topological polar surface area (TPSA) is 97.7 Å². The average molecular weight is 339 g/mol. The number of carbonyl (C=O) groups excluding carboxylic acids is 4. The smallest absolute Gasteiger partial charge is 0.355 e. The number of nitrogens with zero attached hydrogens (tertiary/aromatic N) is 2. The zero-order valence-corrected chi connectivity index (χ0v) is 13.6. The summed E-state index contributed by atoms with van der Waals surface area (Å²) in [5.74, 6) is -1.21. The summed E-state index contributed by atoms with van der Waals surface area (Å²) in [5, 5.41) is 2.22. The number of aromatic nitrogens is 1. The van der Waals surface area contributed by atoms with Gasteiger partial charge >= 0.3 is 5.97 Å². The van der Waals surface area contributed by atoms with E-state index >= 15 is 0 Å². The molecule has 0 bridgehead atoms. The molecule has 1 aliphatic heterocycles. The van der Waals surface area contributed by atoms with Crippen LogP contribution in [0.25, 0.3) is 0 Å². The minimum atomic E-state index is -0.975. The van der Waals surface area contributed by atoms with Gasteiger partial charge in [-0.25, -0.2) is 4.79 Å². The molecule has 1 aromatic rings. The lowest BCUT2D eigenvalue weighted by molar-refractivity contribution is -0.130. The number of esters is 1. The first kappa shape index (κ1) is 17.1. The van der Waals surface area contributed by atoms with Crippen molar-refractivity contribution in [2.45, 2.75) is 13.0 Å². The highest BCUT2D eigenvalue weighted by Gasteiger charge is 2.29. The van der Waals surface area contributed by atoms with Gasteiger partial charge < -0.3 is 14.6 Å². The first-order valence-corrected chi connectivity index (χ1v) is 7.96. The van der Waals surface area contributed by atoms with Gasteiger partial charge in [-0.15, -0.1) is 0 Å². The minimum Gasteiger partial charge on any atom is -0.448 e. The summed E-state index contributed by atoms with van der Waals surface area (Å²) in [4.78, 5) is 47.6. The molecule has 1 saturated heterocycles. The Morgan fingerprint density at radius 2 is 2.17 bits per heavy atom. The van der Waals surface area contributed by atoms with E-state index in [1.165, 1.54) is 6.92 Å². The summed E-state index contributed by atoms with van der Waals surface area (Å²) in [6, 6.07) is 3.29. The molecule has 3 amide bonds. The maximum atomic E-state index is 11.9. The Bertz CT molecular complexity index is 626. The molecule has 1 atom stereocenters. The molecule has 124 valence electrons. The van der Waals surface area contributed by atoms with Gasteiger partial charge in [0.25, 0.3) is 11.1 Å². The second-order valence-electron chi connectivity index (χ2n) is 4.94. The van der Waals surface area contributed by atoms with Gasteiger partial charge in [-0.05, 0) is 19.1 Å². The second-order valence-corrected chi connectivity index (χ2v) is 5.87. The van der Waals surface area contributed by atoms with Crippen LogP contribution in [0.3, 0.4) is 0 Å². The molecule has 0 aromatic carbocycles. The van der Waals surface area contributed by atoms with Crippen LogP contribution in [0.5, 0.6) is 0 Å². The number of amides is 3. The number of hydrogen-bond donors (Lipinski definition) is 1. The van der Waals surface area contributed by atoms with Gasteiger partial charge in [0.15, 0.2) is 6.10 Å². The van der Waals surface area contributed by atoms with Gasteiger partial charge in [-0.2, -0.15) is 0 Å². The third kappa shape index (κ3) is 4.13. The summed E-state index contributed by atoms with van der Waals surface area (Å²) in [5.41, 5.74) is 0.343. The average Bonchev–Trinajstić information content (AvgIpc) is 3.06. The van der Waals surface area contributed by atoms with Crippen molar-refractivity contribution in [3.05, 3.63) is 24.0 Å². The van der Waals surface area contributed by atoms with Crippen molar-refractivity contribution >= 4 is 34.8 Å². The van der Waals surface area contributed by atoms with E-state index in [2.05, 4.69) is 5.32 Å². The van der Waals surface area contributed by atoms with E-state index in [0.717, 1.165) is 16.7 Å². The maximum Gasteiger partial charge on any atom is 0.355 e. The minimum absolute atomic E-state index is 0.106. The Hall–Kier alpha value is -2.29. The Balaban J connectivity index is 1.77. The summed E-state index contributed by atoms with van der Waals surface area (Å²) >= 11 is 0.940. The predicted molar refractivity (Wildman–Crippen MR) is 82.9 cm³/mol. The number of ether oxygens (including phenoxy) is 1. The van der Waals surface area contributed by atoms with E-state index in [9.17, 15) is 19.2 Å². The van der Waals surface area contributed by atoms with Crippen molar-refractivity contribution in [1.82, 2.24) is 14.8 Å². The maximum absolute atomic E-state index is 11.9. The monoisotopic (exact) mass is 339 g/mol. The molecule has 2 heterocycles. The van der Waals surface area contributed by atoms with Gasteiger partial charge in [0.05, 0.1) is 5.75 Å². The van der Waals surface area contributed by atoms with Crippen molar-refractivity contribution in [3.63, 3.8) is 0 Å². The molecule has 1 N–H and O–H groups in total. The number of thioether (sulfide) groups is 1. The molecule has 0 aliphatic carbocycles. The number of nitrogens with one attached hydrogen (secondary N) is 1. The number of hydrogen-bond acceptors (Lipinski definition) is 6. The van der Waals surface area contributed by atoms with Crippen LogP contribution < -0.4 is 5.32 Å². The highest BCUT2D eigenvalue weighted by molar-refractivity contribution is 8.14. The van der Waals surface area contributed by atoms with E-state index in [1.54, 1.807) is 29.9 Å². The summed E-state index contributed by atoms with van der Waals surface area (Å²) in [6.07, 6.45) is 0.723.